The molecule has 1 aromatic carbocycles. The molecule has 0 radical (unpaired) electrons. The van der Waals surface area contributed by atoms with E-state index in [-0.39, 0.29) is 6.04 Å². The number of thiophene rings is 1. The van der Waals surface area contributed by atoms with E-state index in [0.717, 1.165) is 39.1 Å². The molecule has 5 aromatic rings. The molecule has 0 bridgehead atoms. The molecule has 4 aromatic heterocycles. The van der Waals surface area contributed by atoms with Crippen molar-refractivity contribution in [2.24, 2.45) is 12.8 Å². The van der Waals surface area contributed by atoms with Gasteiger partial charge < -0.3 is 11.1 Å². The van der Waals surface area contributed by atoms with E-state index in [4.69, 9.17) is 15.7 Å². The average molecular weight is 442 g/mol. The number of aryl methyl sites for hydroxylation is 1. The smallest absolute Gasteiger partial charge is 0.162 e. The molecule has 5 rings (SSSR count). The third kappa shape index (κ3) is 4.23. The predicted molar refractivity (Wildman–Crippen MR) is 129 cm³/mol. The topological polar surface area (TPSA) is 94.5 Å². The summed E-state index contributed by atoms with van der Waals surface area (Å²) in [6.45, 7) is 0.608. The Morgan fingerprint density at radius 1 is 1.06 bits per heavy atom. The van der Waals surface area contributed by atoms with Gasteiger partial charge in [-0.1, -0.05) is 30.3 Å². The Morgan fingerprint density at radius 3 is 2.62 bits per heavy atom. The maximum atomic E-state index is 6.42. The van der Waals surface area contributed by atoms with Gasteiger partial charge in [0.2, 0.25) is 0 Å². The number of rotatable bonds is 7. The van der Waals surface area contributed by atoms with Crippen molar-refractivity contribution in [2.45, 2.75) is 12.5 Å². The van der Waals surface area contributed by atoms with Gasteiger partial charge in [0.1, 0.15) is 5.82 Å². The van der Waals surface area contributed by atoms with Gasteiger partial charge in [-0.2, -0.15) is 5.10 Å². The Bertz CT molecular complexity index is 1330. The lowest BCUT2D eigenvalue weighted by Crippen LogP contribution is -2.31. The number of nitrogens with zero attached hydrogens (tertiary/aromatic N) is 5. The van der Waals surface area contributed by atoms with Crippen molar-refractivity contribution < 1.29 is 0 Å². The van der Waals surface area contributed by atoms with Gasteiger partial charge in [-0.15, -0.1) is 11.3 Å². The Morgan fingerprint density at radius 2 is 1.88 bits per heavy atom. The molecule has 0 aliphatic rings. The highest BCUT2D eigenvalue weighted by Gasteiger charge is 2.17. The fourth-order valence-electron chi connectivity index (χ4n) is 3.65. The number of aromatic nitrogens is 5. The van der Waals surface area contributed by atoms with E-state index < -0.39 is 0 Å². The second-order valence-electron chi connectivity index (χ2n) is 7.69. The third-order valence-electron chi connectivity index (χ3n) is 5.24. The summed E-state index contributed by atoms with van der Waals surface area (Å²) in [5.74, 6) is 1.45. The van der Waals surface area contributed by atoms with Crippen LogP contribution in [0.5, 0.6) is 0 Å². The van der Waals surface area contributed by atoms with Crippen LogP contribution in [0.3, 0.4) is 0 Å². The van der Waals surface area contributed by atoms with Crippen LogP contribution in [0.1, 0.15) is 5.56 Å². The normalized spacial score (nSPS) is 12.2. The molecule has 1 unspecified atom stereocenters. The summed E-state index contributed by atoms with van der Waals surface area (Å²) < 4.78 is 2.81. The van der Waals surface area contributed by atoms with Gasteiger partial charge in [-0.25, -0.2) is 9.97 Å². The highest BCUT2D eigenvalue weighted by atomic mass is 32.1. The SMILES string of the molecule is Cn1cc(-c2csc3c(NCC(N)Cc4ccccc4)nc(-c4ccncc4)nc23)cn1. The zero-order valence-electron chi connectivity index (χ0n) is 17.6. The van der Waals surface area contributed by atoms with Gasteiger partial charge in [0.05, 0.1) is 16.4 Å². The second kappa shape index (κ2) is 8.86. The molecule has 1 atom stereocenters. The van der Waals surface area contributed by atoms with Crippen LogP contribution in [0.15, 0.2) is 72.6 Å². The second-order valence-corrected chi connectivity index (χ2v) is 8.57. The van der Waals surface area contributed by atoms with Gasteiger partial charge in [0.15, 0.2) is 5.82 Å². The summed E-state index contributed by atoms with van der Waals surface area (Å²) in [4.78, 5) is 13.9. The van der Waals surface area contributed by atoms with Gasteiger partial charge >= 0.3 is 0 Å². The number of nitrogens with one attached hydrogen (secondary N) is 1. The number of pyridine rings is 1. The van der Waals surface area contributed by atoms with E-state index in [2.05, 4.69) is 32.9 Å². The standard InChI is InChI=1S/C24H23N7S/c1-31-14-18(12-28-31)20-15-32-22-21(20)29-23(17-7-9-26-10-8-17)30-24(22)27-13-19(25)11-16-5-3-2-4-6-16/h2-10,12,14-15,19H,11,13,25H2,1H3,(H,27,29,30). The van der Waals surface area contributed by atoms with Crippen LogP contribution in [0.4, 0.5) is 5.82 Å². The van der Waals surface area contributed by atoms with Crippen LogP contribution >= 0.6 is 11.3 Å². The van der Waals surface area contributed by atoms with Crippen molar-refractivity contribution in [3.8, 4) is 22.5 Å². The van der Waals surface area contributed by atoms with Gasteiger partial charge in [0, 0.05) is 60.3 Å². The van der Waals surface area contributed by atoms with Crippen molar-refractivity contribution in [2.75, 3.05) is 11.9 Å². The Labute approximate surface area is 190 Å². The van der Waals surface area contributed by atoms with Crippen LogP contribution in [0.2, 0.25) is 0 Å². The van der Waals surface area contributed by atoms with Crippen LogP contribution in [0, 0.1) is 0 Å². The number of nitrogens with two attached hydrogens (primary N) is 1. The fourth-order valence-corrected chi connectivity index (χ4v) is 4.63. The van der Waals surface area contributed by atoms with Crippen molar-refractivity contribution in [1.82, 2.24) is 24.7 Å². The van der Waals surface area contributed by atoms with Crippen LogP contribution in [-0.2, 0) is 13.5 Å². The molecule has 7 nitrogen and oxygen atoms in total. The van der Waals surface area contributed by atoms with Crippen molar-refractivity contribution in [1.29, 1.82) is 0 Å². The number of benzene rings is 1. The lowest BCUT2D eigenvalue weighted by Gasteiger charge is -2.14. The maximum absolute atomic E-state index is 6.42. The van der Waals surface area contributed by atoms with E-state index in [1.165, 1.54) is 5.56 Å². The predicted octanol–water partition coefficient (Wildman–Crippen LogP) is 4.14. The molecule has 0 fully saturated rings. The summed E-state index contributed by atoms with van der Waals surface area (Å²) in [6, 6.07) is 14.1. The monoisotopic (exact) mass is 441 g/mol. The molecular weight excluding hydrogens is 418 g/mol. The van der Waals surface area contributed by atoms with Gasteiger partial charge in [-0.05, 0) is 24.1 Å². The number of hydrogen-bond donors (Lipinski definition) is 2. The molecule has 32 heavy (non-hydrogen) atoms. The van der Waals surface area contributed by atoms with Crippen LogP contribution in [0.25, 0.3) is 32.7 Å². The first-order valence-electron chi connectivity index (χ1n) is 10.4. The molecule has 0 aliphatic heterocycles. The summed E-state index contributed by atoms with van der Waals surface area (Å²) in [6.07, 6.45) is 8.16. The lowest BCUT2D eigenvalue weighted by atomic mass is 10.1. The molecule has 8 heteroatoms. The first kappa shape index (κ1) is 20.3. The maximum Gasteiger partial charge on any atom is 0.162 e. The molecular formula is C24H23N7S. The number of hydrogen-bond acceptors (Lipinski definition) is 7. The summed E-state index contributed by atoms with van der Waals surface area (Å²) in [7, 11) is 1.91. The highest BCUT2D eigenvalue weighted by molar-refractivity contribution is 7.18. The fraction of sp³-hybridized carbons (Fsp3) is 0.167. The van der Waals surface area contributed by atoms with Gasteiger partial charge in [-0.3, -0.25) is 9.67 Å². The number of fused-ring (bicyclic) bond motifs is 1. The minimum atomic E-state index is -0.0375. The molecule has 160 valence electrons. The molecule has 0 saturated heterocycles. The van der Waals surface area contributed by atoms with E-state index in [0.29, 0.717) is 12.4 Å². The zero-order chi connectivity index (χ0) is 21.9. The molecule has 0 spiro atoms. The van der Waals surface area contributed by atoms with E-state index in [1.54, 1.807) is 28.4 Å². The van der Waals surface area contributed by atoms with Gasteiger partial charge in [0.25, 0.3) is 0 Å². The summed E-state index contributed by atoms with van der Waals surface area (Å²) >= 11 is 1.63. The Hall–Kier alpha value is -3.62. The minimum Gasteiger partial charge on any atom is -0.367 e. The van der Waals surface area contributed by atoms with Crippen LogP contribution < -0.4 is 11.1 Å². The first-order chi connectivity index (χ1) is 15.7. The van der Waals surface area contributed by atoms with Crippen molar-refractivity contribution >= 4 is 27.4 Å². The Balaban J connectivity index is 1.50. The van der Waals surface area contributed by atoms with E-state index >= 15 is 0 Å². The lowest BCUT2D eigenvalue weighted by molar-refractivity contribution is 0.698. The van der Waals surface area contributed by atoms with Crippen molar-refractivity contribution in [3.63, 3.8) is 0 Å². The van der Waals surface area contributed by atoms with Crippen molar-refractivity contribution in [3.05, 3.63) is 78.2 Å². The quantitative estimate of drug-likeness (QED) is 0.394. The summed E-state index contributed by atoms with van der Waals surface area (Å²) in [5, 5.41) is 9.92. The first-order valence-corrected chi connectivity index (χ1v) is 11.3. The summed E-state index contributed by atoms with van der Waals surface area (Å²) in [5.41, 5.74) is 11.6. The molecule has 0 aliphatic carbocycles. The molecule has 0 saturated carbocycles. The highest BCUT2D eigenvalue weighted by Crippen LogP contribution is 2.37. The Kier molecular flexibility index (Phi) is 5.62. The largest absolute Gasteiger partial charge is 0.367 e. The zero-order valence-corrected chi connectivity index (χ0v) is 18.5. The third-order valence-corrected chi connectivity index (χ3v) is 6.22. The van der Waals surface area contributed by atoms with E-state index in [9.17, 15) is 0 Å². The van der Waals surface area contributed by atoms with E-state index in [1.807, 2.05) is 49.8 Å². The molecule has 4 heterocycles. The average Bonchev–Trinajstić information content (AvgIpc) is 3.44. The minimum absolute atomic E-state index is 0.0375. The number of anilines is 1. The molecule has 0 amide bonds. The molecule has 3 N–H and O–H groups in total. The van der Waals surface area contributed by atoms with Crippen LogP contribution in [-0.4, -0.2) is 37.3 Å².